The van der Waals surface area contributed by atoms with Crippen LogP contribution < -0.4 is 10.5 Å². The molecule has 0 spiro atoms. The molecule has 1 aromatic carbocycles. The molecule has 1 heterocycles. The molecular formula is C16H20N2OS. The molecule has 0 amide bonds. The van der Waals surface area contributed by atoms with E-state index in [1.807, 2.05) is 31.3 Å². The van der Waals surface area contributed by atoms with Gasteiger partial charge in [-0.3, -0.25) is 4.98 Å². The first kappa shape index (κ1) is 14.7. The van der Waals surface area contributed by atoms with Crippen molar-refractivity contribution in [2.45, 2.75) is 31.4 Å². The van der Waals surface area contributed by atoms with Crippen LogP contribution in [0.15, 0.2) is 29.3 Å². The summed E-state index contributed by atoms with van der Waals surface area (Å²) in [6, 6.07) is 5.99. The number of aromatic nitrogens is 1. The molecule has 0 atom stereocenters. The SMILES string of the molecule is COc1c(C)cnc(CSc2cc(N)ccc2C)c1C. The monoisotopic (exact) mass is 288 g/mol. The number of nitrogen functional groups attached to an aromatic ring is 1. The number of benzene rings is 1. The molecule has 0 bridgehead atoms. The first-order valence-electron chi connectivity index (χ1n) is 6.51. The zero-order valence-corrected chi connectivity index (χ0v) is 13.2. The fourth-order valence-corrected chi connectivity index (χ4v) is 3.23. The predicted octanol–water partition coefficient (Wildman–Crippen LogP) is 3.89. The molecule has 0 aliphatic rings. The summed E-state index contributed by atoms with van der Waals surface area (Å²) in [6.07, 6.45) is 1.87. The lowest BCUT2D eigenvalue weighted by atomic mass is 10.1. The number of aryl methyl sites for hydroxylation is 2. The molecule has 20 heavy (non-hydrogen) atoms. The zero-order valence-electron chi connectivity index (χ0n) is 12.4. The average Bonchev–Trinajstić information content (AvgIpc) is 2.42. The summed E-state index contributed by atoms with van der Waals surface area (Å²) in [4.78, 5) is 5.72. The van der Waals surface area contributed by atoms with Crippen LogP contribution in [0.3, 0.4) is 0 Å². The second-order valence-corrected chi connectivity index (χ2v) is 5.88. The van der Waals surface area contributed by atoms with Gasteiger partial charge in [-0.05, 0) is 38.5 Å². The number of hydrogen-bond acceptors (Lipinski definition) is 4. The first-order valence-corrected chi connectivity index (χ1v) is 7.49. The summed E-state index contributed by atoms with van der Waals surface area (Å²) in [5.74, 6) is 1.74. The molecule has 2 rings (SSSR count). The number of rotatable bonds is 4. The maximum atomic E-state index is 5.84. The summed E-state index contributed by atoms with van der Waals surface area (Å²) < 4.78 is 5.44. The molecule has 0 saturated carbocycles. The summed E-state index contributed by atoms with van der Waals surface area (Å²) in [5, 5.41) is 0. The van der Waals surface area contributed by atoms with Crippen LogP contribution in [0.4, 0.5) is 5.69 Å². The highest BCUT2D eigenvalue weighted by Gasteiger charge is 2.10. The average molecular weight is 288 g/mol. The van der Waals surface area contributed by atoms with Crippen molar-refractivity contribution >= 4 is 17.4 Å². The van der Waals surface area contributed by atoms with Gasteiger partial charge in [0.1, 0.15) is 5.75 Å². The van der Waals surface area contributed by atoms with Crippen molar-refractivity contribution in [3.8, 4) is 5.75 Å². The van der Waals surface area contributed by atoms with Gasteiger partial charge in [-0.1, -0.05) is 6.07 Å². The van der Waals surface area contributed by atoms with Crippen molar-refractivity contribution in [2.75, 3.05) is 12.8 Å². The molecule has 0 radical (unpaired) electrons. The number of anilines is 1. The van der Waals surface area contributed by atoms with Crippen molar-refractivity contribution in [3.05, 3.63) is 46.8 Å². The van der Waals surface area contributed by atoms with Gasteiger partial charge in [0.15, 0.2) is 0 Å². The van der Waals surface area contributed by atoms with E-state index in [4.69, 9.17) is 10.5 Å². The van der Waals surface area contributed by atoms with Crippen LogP contribution in [0.2, 0.25) is 0 Å². The Labute approximate surface area is 124 Å². The van der Waals surface area contributed by atoms with Gasteiger partial charge in [0, 0.05) is 33.7 Å². The fraction of sp³-hybridized carbons (Fsp3) is 0.312. The van der Waals surface area contributed by atoms with Gasteiger partial charge in [0.25, 0.3) is 0 Å². The number of hydrogen-bond donors (Lipinski definition) is 1. The highest BCUT2D eigenvalue weighted by atomic mass is 32.2. The van der Waals surface area contributed by atoms with E-state index in [1.165, 1.54) is 10.5 Å². The first-order chi connectivity index (χ1) is 9.52. The largest absolute Gasteiger partial charge is 0.496 e. The number of nitrogens with two attached hydrogens (primary N) is 1. The minimum atomic E-state index is 0.796. The number of ether oxygens (including phenoxy) is 1. The molecule has 1 aromatic heterocycles. The lowest BCUT2D eigenvalue weighted by molar-refractivity contribution is 0.407. The number of thioether (sulfide) groups is 1. The molecule has 0 aliphatic carbocycles. The Morgan fingerprint density at radius 1 is 1.20 bits per heavy atom. The van der Waals surface area contributed by atoms with Crippen molar-refractivity contribution in [3.63, 3.8) is 0 Å². The topological polar surface area (TPSA) is 48.1 Å². The Morgan fingerprint density at radius 3 is 2.65 bits per heavy atom. The second-order valence-electron chi connectivity index (χ2n) is 4.86. The van der Waals surface area contributed by atoms with Gasteiger partial charge in [0.05, 0.1) is 12.8 Å². The maximum absolute atomic E-state index is 5.84. The van der Waals surface area contributed by atoms with Gasteiger partial charge >= 0.3 is 0 Å². The van der Waals surface area contributed by atoms with Crippen molar-refractivity contribution in [1.29, 1.82) is 0 Å². The van der Waals surface area contributed by atoms with Crippen LogP contribution in [0.25, 0.3) is 0 Å². The third-order valence-electron chi connectivity index (χ3n) is 3.33. The Kier molecular flexibility index (Phi) is 4.55. The molecule has 0 fully saturated rings. The van der Waals surface area contributed by atoms with Crippen LogP contribution in [0.5, 0.6) is 5.75 Å². The summed E-state index contributed by atoms with van der Waals surface area (Å²) >= 11 is 1.76. The van der Waals surface area contributed by atoms with Crippen LogP contribution in [-0.4, -0.2) is 12.1 Å². The molecule has 2 N–H and O–H groups in total. The highest BCUT2D eigenvalue weighted by molar-refractivity contribution is 7.98. The molecule has 2 aromatic rings. The fourth-order valence-electron chi connectivity index (χ4n) is 2.13. The van der Waals surface area contributed by atoms with E-state index in [9.17, 15) is 0 Å². The molecule has 0 unspecified atom stereocenters. The van der Waals surface area contributed by atoms with Crippen molar-refractivity contribution in [1.82, 2.24) is 4.98 Å². The quantitative estimate of drug-likeness (QED) is 0.685. The minimum Gasteiger partial charge on any atom is -0.496 e. The van der Waals surface area contributed by atoms with E-state index in [0.29, 0.717) is 0 Å². The van der Waals surface area contributed by atoms with E-state index in [2.05, 4.69) is 18.8 Å². The standard InChI is InChI=1S/C16H20N2OS/c1-10-5-6-13(17)7-15(10)20-9-14-12(3)16(19-4)11(2)8-18-14/h5-8H,9,17H2,1-4H3. The maximum Gasteiger partial charge on any atom is 0.128 e. The van der Waals surface area contributed by atoms with Crippen LogP contribution in [-0.2, 0) is 5.75 Å². The van der Waals surface area contributed by atoms with Gasteiger partial charge in [-0.2, -0.15) is 0 Å². The minimum absolute atomic E-state index is 0.796. The summed E-state index contributed by atoms with van der Waals surface area (Å²) in [6.45, 7) is 6.16. The van der Waals surface area contributed by atoms with E-state index in [-0.39, 0.29) is 0 Å². The summed E-state index contributed by atoms with van der Waals surface area (Å²) in [5.41, 5.74) is 11.1. The zero-order chi connectivity index (χ0) is 14.7. The third kappa shape index (κ3) is 3.07. The van der Waals surface area contributed by atoms with Crippen molar-refractivity contribution < 1.29 is 4.74 Å². The van der Waals surface area contributed by atoms with Gasteiger partial charge in [-0.25, -0.2) is 0 Å². The predicted molar refractivity (Wildman–Crippen MR) is 85.4 cm³/mol. The molecule has 106 valence electrons. The van der Waals surface area contributed by atoms with Crippen molar-refractivity contribution in [2.24, 2.45) is 0 Å². The smallest absolute Gasteiger partial charge is 0.128 e. The van der Waals surface area contributed by atoms with Crippen LogP contribution in [0.1, 0.15) is 22.4 Å². The van der Waals surface area contributed by atoms with Gasteiger partial charge in [-0.15, -0.1) is 11.8 Å². The van der Waals surface area contributed by atoms with E-state index in [0.717, 1.165) is 34.0 Å². The Bertz CT molecular complexity index is 626. The number of pyridine rings is 1. The van der Waals surface area contributed by atoms with E-state index >= 15 is 0 Å². The number of nitrogens with zero attached hydrogens (tertiary/aromatic N) is 1. The molecule has 0 aliphatic heterocycles. The number of methoxy groups -OCH3 is 1. The van der Waals surface area contributed by atoms with Crippen LogP contribution in [0, 0.1) is 20.8 Å². The molecular weight excluding hydrogens is 268 g/mol. The van der Waals surface area contributed by atoms with E-state index in [1.54, 1.807) is 18.9 Å². The Morgan fingerprint density at radius 2 is 1.95 bits per heavy atom. The lowest BCUT2D eigenvalue weighted by Gasteiger charge is -2.12. The van der Waals surface area contributed by atoms with E-state index < -0.39 is 0 Å². The second kappa shape index (κ2) is 6.18. The van der Waals surface area contributed by atoms with Gasteiger partial charge < -0.3 is 10.5 Å². The normalized spacial score (nSPS) is 10.6. The molecule has 3 nitrogen and oxygen atoms in total. The molecule has 0 saturated heterocycles. The Balaban J connectivity index is 2.21. The summed E-state index contributed by atoms with van der Waals surface area (Å²) in [7, 11) is 1.70. The van der Waals surface area contributed by atoms with Crippen LogP contribution >= 0.6 is 11.8 Å². The Hall–Kier alpha value is -1.68. The molecule has 4 heteroatoms. The highest BCUT2D eigenvalue weighted by Crippen LogP contribution is 2.31. The third-order valence-corrected chi connectivity index (χ3v) is 4.49. The lowest BCUT2D eigenvalue weighted by Crippen LogP contribution is -1.99. The van der Waals surface area contributed by atoms with Gasteiger partial charge in [0.2, 0.25) is 0 Å².